The zero-order chi connectivity index (χ0) is 13.8. The quantitative estimate of drug-likeness (QED) is 0.812. The van der Waals surface area contributed by atoms with Crippen molar-refractivity contribution >= 4 is 5.91 Å². The lowest BCUT2D eigenvalue weighted by molar-refractivity contribution is -0.133. The standard InChI is InChI=1S/C14H22N2O2/c1-14(2,18)10-16(3)13(17)12(15)9-11-7-5-4-6-8-11/h4-8,12,18H,9-10,15H2,1-3H3/t12-/m1/s1. The molecule has 18 heavy (non-hydrogen) atoms. The number of benzene rings is 1. The lowest BCUT2D eigenvalue weighted by Gasteiger charge is -2.27. The van der Waals surface area contributed by atoms with Crippen molar-refractivity contribution in [3.05, 3.63) is 35.9 Å². The molecule has 0 aromatic heterocycles. The Hall–Kier alpha value is -1.39. The minimum atomic E-state index is -0.906. The molecule has 0 aliphatic carbocycles. The molecule has 0 spiro atoms. The molecule has 0 saturated heterocycles. The van der Waals surface area contributed by atoms with Crippen LogP contribution in [-0.4, -0.2) is 41.1 Å². The Labute approximate surface area is 108 Å². The zero-order valence-corrected chi connectivity index (χ0v) is 11.3. The maximum Gasteiger partial charge on any atom is 0.239 e. The molecule has 1 atom stereocenters. The third-order valence-corrected chi connectivity index (χ3v) is 2.62. The van der Waals surface area contributed by atoms with Crippen molar-refractivity contribution in [2.45, 2.75) is 31.9 Å². The Morgan fingerprint density at radius 3 is 2.44 bits per heavy atom. The van der Waals surface area contributed by atoms with Crippen LogP contribution >= 0.6 is 0 Å². The molecule has 0 aliphatic rings. The maximum atomic E-state index is 12.0. The van der Waals surface area contributed by atoms with E-state index in [9.17, 15) is 9.90 Å². The Morgan fingerprint density at radius 1 is 1.39 bits per heavy atom. The molecule has 0 heterocycles. The van der Waals surface area contributed by atoms with E-state index in [1.165, 1.54) is 4.90 Å². The molecule has 0 saturated carbocycles. The molecule has 0 unspecified atom stereocenters. The van der Waals surface area contributed by atoms with E-state index >= 15 is 0 Å². The molecular formula is C14H22N2O2. The van der Waals surface area contributed by atoms with Gasteiger partial charge in [0.2, 0.25) is 5.91 Å². The van der Waals surface area contributed by atoms with E-state index in [-0.39, 0.29) is 12.5 Å². The zero-order valence-electron chi connectivity index (χ0n) is 11.3. The van der Waals surface area contributed by atoms with Gasteiger partial charge in [0.1, 0.15) is 0 Å². The minimum absolute atomic E-state index is 0.152. The second-order valence-electron chi connectivity index (χ2n) is 5.30. The van der Waals surface area contributed by atoms with Gasteiger partial charge < -0.3 is 15.7 Å². The lowest BCUT2D eigenvalue weighted by Crippen LogP contribution is -2.47. The number of hydrogen-bond donors (Lipinski definition) is 2. The summed E-state index contributed by atoms with van der Waals surface area (Å²) < 4.78 is 0. The van der Waals surface area contributed by atoms with Crippen molar-refractivity contribution in [3.63, 3.8) is 0 Å². The molecule has 4 heteroatoms. The molecule has 1 rings (SSSR count). The third-order valence-electron chi connectivity index (χ3n) is 2.62. The van der Waals surface area contributed by atoms with Crippen molar-refractivity contribution in [1.29, 1.82) is 0 Å². The average Bonchev–Trinajstić information content (AvgIpc) is 2.27. The maximum absolute atomic E-state index is 12.0. The summed E-state index contributed by atoms with van der Waals surface area (Å²) in [4.78, 5) is 13.5. The van der Waals surface area contributed by atoms with Gasteiger partial charge in [0.15, 0.2) is 0 Å². The van der Waals surface area contributed by atoms with E-state index in [0.29, 0.717) is 6.42 Å². The number of carbonyl (C=O) groups excluding carboxylic acids is 1. The van der Waals surface area contributed by atoms with Crippen LogP contribution in [0, 0.1) is 0 Å². The Balaban J connectivity index is 2.56. The highest BCUT2D eigenvalue weighted by molar-refractivity contribution is 5.81. The Kier molecular flexibility index (Phi) is 4.87. The van der Waals surface area contributed by atoms with Gasteiger partial charge in [0.25, 0.3) is 0 Å². The van der Waals surface area contributed by atoms with Crippen molar-refractivity contribution in [1.82, 2.24) is 4.90 Å². The van der Waals surface area contributed by atoms with Crippen molar-refractivity contribution in [3.8, 4) is 0 Å². The number of aliphatic hydroxyl groups is 1. The highest BCUT2D eigenvalue weighted by Gasteiger charge is 2.23. The molecule has 1 amide bonds. The lowest BCUT2D eigenvalue weighted by atomic mass is 10.0. The number of rotatable bonds is 5. The number of nitrogens with zero attached hydrogens (tertiary/aromatic N) is 1. The number of hydrogen-bond acceptors (Lipinski definition) is 3. The fourth-order valence-electron chi connectivity index (χ4n) is 1.90. The predicted molar refractivity (Wildman–Crippen MR) is 72.1 cm³/mol. The average molecular weight is 250 g/mol. The van der Waals surface area contributed by atoms with Gasteiger partial charge in [-0.25, -0.2) is 0 Å². The summed E-state index contributed by atoms with van der Waals surface area (Å²) in [6, 6.07) is 9.10. The fourth-order valence-corrected chi connectivity index (χ4v) is 1.90. The highest BCUT2D eigenvalue weighted by Crippen LogP contribution is 2.07. The van der Waals surface area contributed by atoms with Crippen LogP contribution < -0.4 is 5.73 Å². The summed E-state index contributed by atoms with van der Waals surface area (Å²) in [7, 11) is 1.66. The van der Waals surface area contributed by atoms with E-state index in [1.54, 1.807) is 20.9 Å². The van der Waals surface area contributed by atoms with Crippen LogP contribution in [-0.2, 0) is 11.2 Å². The van der Waals surface area contributed by atoms with Crippen LogP contribution in [0.1, 0.15) is 19.4 Å². The van der Waals surface area contributed by atoms with E-state index in [0.717, 1.165) is 5.56 Å². The van der Waals surface area contributed by atoms with Crippen molar-refractivity contribution < 1.29 is 9.90 Å². The summed E-state index contributed by atoms with van der Waals surface area (Å²) in [6.45, 7) is 3.60. The van der Waals surface area contributed by atoms with Gasteiger partial charge >= 0.3 is 0 Å². The largest absolute Gasteiger partial charge is 0.389 e. The Bertz CT molecular complexity index is 385. The summed E-state index contributed by atoms with van der Waals surface area (Å²) in [5.74, 6) is -0.152. The molecule has 1 aromatic rings. The summed E-state index contributed by atoms with van der Waals surface area (Å²) in [5, 5.41) is 9.67. The number of likely N-dealkylation sites (N-methyl/N-ethyl adjacent to an activating group) is 1. The van der Waals surface area contributed by atoms with Crippen LogP contribution in [0.25, 0.3) is 0 Å². The molecule has 0 bridgehead atoms. The first kappa shape index (κ1) is 14.7. The first-order valence-electron chi connectivity index (χ1n) is 6.06. The molecule has 3 N–H and O–H groups in total. The van der Waals surface area contributed by atoms with E-state index in [4.69, 9.17) is 5.73 Å². The second kappa shape index (κ2) is 5.98. The van der Waals surface area contributed by atoms with Gasteiger partial charge in [0, 0.05) is 13.6 Å². The molecule has 0 fully saturated rings. The normalized spacial score (nSPS) is 13.2. The van der Waals surface area contributed by atoms with Crippen LogP contribution in [0.2, 0.25) is 0 Å². The van der Waals surface area contributed by atoms with Crippen LogP contribution in [0.5, 0.6) is 0 Å². The first-order chi connectivity index (χ1) is 8.29. The van der Waals surface area contributed by atoms with Gasteiger partial charge in [-0.05, 0) is 25.8 Å². The first-order valence-corrected chi connectivity index (χ1v) is 6.06. The molecule has 1 aromatic carbocycles. The van der Waals surface area contributed by atoms with Gasteiger partial charge in [-0.2, -0.15) is 0 Å². The third kappa shape index (κ3) is 4.85. The molecular weight excluding hydrogens is 228 g/mol. The molecule has 100 valence electrons. The van der Waals surface area contributed by atoms with Crippen LogP contribution in [0.15, 0.2) is 30.3 Å². The topological polar surface area (TPSA) is 66.6 Å². The highest BCUT2D eigenvalue weighted by atomic mass is 16.3. The van der Waals surface area contributed by atoms with Crippen LogP contribution in [0.4, 0.5) is 0 Å². The number of nitrogens with two attached hydrogens (primary N) is 1. The van der Waals surface area contributed by atoms with Crippen molar-refractivity contribution in [2.75, 3.05) is 13.6 Å². The van der Waals surface area contributed by atoms with Crippen molar-refractivity contribution in [2.24, 2.45) is 5.73 Å². The SMILES string of the molecule is CN(CC(C)(C)O)C(=O)[C@H](N)Cc1ccccc1. The number of amides is 1. The van der Waals surface area contributed by atoms with Crippen LogP contribution in [0.3, 0.4) is 0 Å². The Morgan fingerprint density at radius 2 is 1.94 bits per heavy atom. The van der Waals surface area contributed by atoms with E-state index < -0.39 is 11.6 Å². The van der Waals surface area contributed by atoms with E-state index in [1.807, 2.05) is 30.3 Å². The summed E-state index contributed by atoms with van der Waals surface area (Å²) in [6.07, 6.45) is 0.510. The summed E-state index contributed by atoms with van der Waals surface area (Å²) >= 11 is 0. The molecule has 0 aliphatic heterocycles. The second-order valence-corrected chi connectivity index (χ2v) is 5.30. The smallest absolute Gasteiger partial charge is 0.239 e. The minimum Gasteiger partial charge on any atom is -0.389 e. The number of carbonyl (C=O) groups is 1. The monoisotopic (exact) mass is 250 g/mol. The van der Waals surface area contributed by atoms with Gasteiger partial charge in [0.05, 0.1) is 11.6 Å². The van der Waals surface area contributed by atoms with Gasteiger partial charge in [-0.3, -0.25) is 4.79 Å². The molecule has 4 nitrogen and oxygen atoms in total. The van der Waals surface area contributed by atoms with Gasteiger partial charge in [-0.1, -0.05) is 30.3 Å². The summed E-state index contributed by atoms with van der Waals surface area (Å²) in [5.41, 5.74) is 6.03. The predicted octanol–water partition coefficient (Wildman–Crippen LogP) is 0.786. The van der Waals surface area contributed by atoms with E-state index in [2.05, 4.69) is 0 Å². The van der Waals surface area contributed by atoms with Gasteiger partial charge in [-0.15, -0.1) is 0 Å². The fraction of sp³-hybridized carbons (Fsp3) is 0.500. The molecule has 0 radical (unpaired) electrons.